The van der Waals surface area contributed by atoms with E-state index in [2.05, 4.69) is 4.74 Å². The first-order valence-corrected chi connectivity index (χ1v) is 4.33. The highest BCUT2D eigenvalue weighted by Gasteiger charge is 2.48. The van der Waals surface area contributed by atoms with Crippen LogP contribution in [0.4, 0.5) is 0 Å². The molecule has 3 nitrogen and oxygen atoms in total. The topological polar surface area (TPSA) is 43.4 Å². The zero-order valence-electron chi connectivity index (χ0n) is 7.08. The number of Topliss-reactive ketones (excluding diaryl/α,β-unsaturated/α-hetero) is 1. The molecule has 0 saturated heterocycles. The van der Waals surface area contributed by atoms with Crippen LogP contribution in [-0.2, 0) is 14.3 Å². The van der Waals surface area contributed by atoms with Gasteiger partial charge in [-0.3, -0.25) is 9.59 Å². The Labute approximate surface area is 71.1 Å². The van der Waals surface area contributed by atoms with Gasteiger partial charge in [0.15, 0.2) is 0 Å². The van der Waals surface area contributed by atoms with E-state index in [9.17, 15) is 9.59 Å². The number of hydrogen-bond donors (Lipinski definition) is 0. The molecule has 2 bridgehead atoms. The standard InChI is InChI=1S/C9H12O3/c1-12-9(11)7-3-6-2-5(7)4-8(6)10/h5-7H,2-4H2,1H3. The van der Waals surface area contributed by atoms with E-state index in [4.69, 9.17) is 0 Å². The summed E-state index contributed by atoms with van der Waals surface area (Å²) in [6, 6.07) is 0. The van der Waals surface area contributed by atoms with Crippen LogP contribution in [0.5, 0.6) is 0 Å². The number of rotatable bonds is 1. The molecule has 0 aromatic rings. The smallest absolute Gasteiger partial charge is 0.308 e. The third-order valence-corrected chi connectivity index (χ3v) is 3.12. The summed E-state index contributed by atoms with van der Waals surface area (Å²) in [5.74, 6) is 0.682. The van der Waals surface area contributed by atoms with Crippen molar-refractivity contribution in [2.75, 3.05) is 7.11 Å². The van der Waals surface area contributed by atoms with Crippen molar-refractivity contribution < 1.29 is 14.3 Å². The van der Waals surface area contributed by atoms with E-state index in [1.807, 2.05) is 0 Å². The maximum atomic E-state index is 11.2. The van der Waals surface area contributed by atoms with Gasteiger partial charge in [-0.25, -0.2) is 0 Å². The van der Waals surface area contributed by atoms with E-state index in [0.717, 1.165) is 12.8 Å². The molecular weight excluding hydrogens is 156 g/mol. The summed E-state index contributed by atoms with van der Waals surface area (Å²) in [5, 5.41) is 0. The van der Waals surface area contributed by atoms with Crippen molar-refractivity contribution in [3.05, 3.63) is 0 Å². The summed E-state index contributed by atoms with van der Waals surface area (Å²) >= 11 is 0. The lowest BCUT2D eigenvalue weighted by Crippen LogP contribution is -2.25. The van der Waals surface area contributed by atoms with Crippen LogP contribution in [0.1, 0.15) is 19.3 Å². The highest BCUT2D eigenvalue weighted by molar-refractivity contribution is 5.87. The average molecular weight is 168 g/mol. The lowest BCUT2D eigenvalue weighted by Gasteiger charge is -2.17. The van der Waals surface area contributed by atoms with E-state index in [1.165, 1.54) is 7.11 Å². The van der Waals surface area contributed by atoms with Crippen LogP contribution in [0, 0.1) is 17.8 Å². The molecule has 66 valence electrons. The lowest BCUT2D eigenvalue weighted by atomic mass is 9.88. The Balaban J connectivity index is 2.07. The Bertz CT molecular complexity index is 234. The van der Waals surface area contributed by atoms with Gasteiger partial charge < -0.3 is 4.74 Å². The van der Waals surface area contributed by atoms with Crippen molar-refractivity contribution in [1.29, 1.82) is 0 Å². The normalized spacial score (nSPS) is 38.8. The zero-order valence-corrected chi connectivity index (χ0v) is 7.08. The summed E-state index contributed by atoms with van der Waals surface area (Å²) in [6.45, 7) is 0. The van der Waals surface area contributed by atoms with Gasteiger partial charge in [-0.15, -0.1) is 0 Å². The second-order valence-corrected chi connectivity index (χ2v) is 3.73. The number of ketones is 1. The summed E-state index contributed by atoms with van der Waals surface area (Å²) < 4.78 is 4.67. The van der Waals surface area contributed by atoms with E-state index in [0.29, 0.717) is 12.2 Å². The number of ether oxygens (including phenoxy) is 1. The molecule has 0 amide bonds. The van der Waals surface area contributed by atoms with Crippen molar-refractivity contribution in [3.63, 3.8) is 0 Å². The third kappa shape index (κ3) is 0.958. The van der Waals surface area contributed by atoms with Crippen molar-refractivity contribution in [2.24, 2.45) is 17.8 Å². The van der Waals surface area contributed by atoms with Crippen molar-refractivity contribution >= 4 is 11.8 Å². The van der Waals surface area contributed by atoms with Crippen LogP contribution in [0.15, 0.2) is 0 Å². The van der Waals surface area contributed by atoms with E-state index < -0.39 is 0 Å². The first kappa shape index (κ1) is 7.77. The van der Waals surface area contributed by atoms with Crippen molar-refractivity contribution in [1.82, 2.24) is 0 Å². The molecular formula is C9H12O3. The molecule has 2 aliphatic carbocycles. The molecule has 3 heteroatoms. The molecule has 0 aromatic carbocycles. The second-order valence-electron chi connectivity index (χ2n) is 3.73. The van der Waals surface area contributed by atoms with Crippen LogP contribution in [0.25, 0.3) is 0 Å². The largest absolute Gasteiger partial charge is 0.469 e. The van der Waals surface area contributed by atoms with Crippen LogP contribution in [-0.4, -0.2) is 18.9 Å². The molecule has 2 rings (SSSR count). The number of carbonyl (C=O) groups excluding carboxylic acids is 2. The maximum absolute atomic E-state index is 11.2. The first-order chi connectivity index (χ1) is 5.72. The van der Waals surface area contributed by atoms with Gasteiger partial charge in [0, 0.05) is 12.3 Å². The zero-order chi connectivity index (χ0) is 8.72. The van der Waals surface area contributed by atoms with Crippen molar-refractivity contribution in [2.45, 2.75) is 19.3 Å². The number of carbonyl (C=O) groups is 2. The molecule has 3 atom stereocenters. The van der Waals surface area contributed by atoms with Gasteiger partial charge in [-0.1, -0.05) is 0 Å². The maximum Gasteiger partial charge on any atom is 0.308 e. The summed E-state index contributed by atoms with van der Waals surface area (Å²) in [5.41, 5.74) is 0. The molecule has 3 unspecified atom stereocenters. The van der Waals surface area contributed by atoms with Gasteiger partial charge in [-0.05, 0) is 18.8 Å². The predicted octanol–water partition coefficient (Wildman–Crippen LogP) is 0.775. The summed E-state index contributed by atoms with van der Waals surface area (Å²) in [4.78, 5) is 22.3. The Morgan fingerprint density at radius 1 is 1.50 bits per heavy atom. The molecule has 0 radical (unpaired) electrons. The van der Waals surface area contributed by atoms with Crippen LogP contribution in [0.2, 0.25) is 0 Å². The number of esters is 1. The fourth-order valence-electron chi connectivity index (χ4n) is 2.48. The van der Waals surface area contributed by atoms with E-state index in [1.54, 1.807) is 0 Å². The second kappa shape index (κ2) is 2.57. The Kier molecular flexibility index (Phi) is 1.67. The Hall–Kier alpha value is -0.860. The number of methoxy groups -OCH3 is 1. The quantitative estimate of drug-likeness (QED) is 0.543. The Morgan fingerprint density at radius 2 is 2.25 bits per heavy atom. The highest BCUT2D eigenvalue weighted by Crippen LogP contribution is 2.46. The summed E-state index contributed by atoms with van der Waals surface area (Å²) in [7, 11) is 1.41. The minimum atomic E-state index is -0.130. The molecule has 0 spiro atoms. The number of hydrogen-bond acceptors (Lipinski definition) is 3. The van der Waals surface area contributed by atoms with Crippen LogP contribution >= 0.6 is 0 Å². The van der Waals surface area contributed by atoms with Gasteiger partial charge in [0.1, 0.15) is 5.78 Å². The fourth-order valence-corrected chi connectivity index (χ4v) is 2.48. The molecule has 0 aromatic heterocycles. The Morgan fingerprint density at radius 3 is 2.67 bits per heavy atom. The predicted molar refractivity (Wildman–Crippen MR) is 41.3 cm³/mol. The SMILES string of the molecule is COC(=O)C1CC2CC1CC2=O. The van der Waals surface area contributed by atoms with Crippen LogP contribution < -0.4 is 0 Å². The fraction of sp³-hybridized carbons (Fsp3) is 0.778. The molecule has 2 fully saturated rings. The van der Waals surface area contributed by atoms with E-state index >= 15 is 0 Å². The van der Waals surface area contributed by atoms with Gasteiger partial charge >= 0.3 is 5.97 Å². The first-order valence-electron chi connectivity index (χ1n) is 4.33. The minimum absolute atomic E-state index is 0.0118. The molecule has 12 heavy (non-hydrogen) atoms. The van der Waals surface area contributed by atoms with Gasteiger partial charge in [-0.2, -0.15) is 0 Å². The average Bonchev–Trinajstić information content (AvgIpc) is 2.60. The number of fused-ring (bicyclic) bond motifs is 2. The molecule has 0 N–H and O–H groups in total. The van der Waals surface area contributed by atoms with E-state index in [-0.39, 0.29) is 23.7 Å². The van der Waals surface area contributed by atoms with Gasteiger partial charge in [0.2, 0.25) is 0 Å². The molecule has 0 heterocycles. The molecule has 2 aliphatic rings. The lowest BCUT2D eigenvalue weighted by molar-refractivity contribution is -0.147. The van der Waals surface area contributed by atoms with Crippen molar-refractivity contribution in [3.8, 4) is 0 Å². The minimum Gasteiger partial charge on any atom is -0.469 e. The highest BCUT2D eigenvalue weighted by atomic mass is 16.5. The van der Waals surface area contributed by atoms with Crippen LogP contribution in [0.3, 0.4) is 0 Å². The van der Waals surface area contributed by atoms with Gasteiger partial charge in [0.25, 0.3) is 0 Å². The summed E-state index contributed by atoms with van der Waals surface area (Å²) in [6.07, 6.45) is 2.25. The van der Waals surface area contributed by atoms with Gasteiger partial charge in [0.05, 0.1) is 13.0 Å². The molecule has 2 saturated carbocycles. The monoisotopic (exact) mass is 168 g/mol. The molecule has 0 aliphatic heterocycles. The third-order valence-electron chi connectivity index (χ3n) is 3.12.